The highest BCUT2D eigenvalue weighted by Crippen LogP contribution is 2.37. The van der Waals surface area contributed by atoms with Gasteiger partial charge in [-0.25, -0.2) is 0 Å². The van der Waals surface area contributed by atoms with Gasteiger partial charge >= 0.3 is 6.18 Å². The Hall–Kier alpha value is -1.38. The van der Waals surface area contributed by atoms with Gasteiger partial charge in [0.2, 0.25) is 0 Å². The first-order valence-electron chi connectivity index (χ1n) is 9.28. The summed E-state index contributed by atoms with van der Waals surface area (Å²) in [5.74, 6) is 0. The number of hydrogen-bond donors (Lipinski definition) is 2. The molecule has 8 heteroatoms. The van der Waals surface area contributed by atoms with Crippen LogP contribution in [0, 0.1) is 0 Å². The Balaban J connectivity index is 1.66. The lowest BCUT2D eigenvalue weighted by molar-refractivity contribution is -0.137. The van der Waals surface area contributed by atoms with Crippen molar-refractivity contribution < 1.29 is 22.6 Å². The predicted octanol–water partition coefficient (Wildman–Crippen LogP) is 3.40. The van der Waals surface area contributed by atoms with E-state index in [9.17, 15) is 13.2 Å². The van der Waals surface area contributed by atoms with E-state index in [1.165, 1.54) is 12.1 Å². The van der Waals surface area contributed by atoms with E-state index in [1.54, 1.807) is 6.07 Å². The van der Waals surface area contributed by atoms with Crippen molar-refractivity contribution in [3.63, 3.8) is 0 Å². The maximum atomic E-state index is 13.1. The Morgan fingerprint density at radius 3 is 2.63 bits per heavy atom. The standard InChI is InChI=1S/C19H25F3N2O2S/c20-19(21,22)15-4-1-3-14(11-15)18(6-9-25-10-7-18)13-24-17(27)23-12-16-5-2-8-26-16/h1,3-4,11,16H,2,5-10,12-13H2,(H2,23,24,27). The van der Waals surface area contributed by atoms with E-state index in [1.807, 2.05) is 0 Å². The molecule has 1 atom stereocenters. The highest BCUT2D eigenvalue weighted by Gasteiger charge is 2.37. The van der Waals surface area contributed by atoms with Gasteiger partial charge in [0, 0.05) is 38.3 Å². The lowest BCUT2D eigenvalue weighted by Crippen LogP contribution is -2.48. The summed E-state index contributed by atoms with van der Waals surface area (Å²) in [5.41, 5.74) is -0.380. The second-order valence-electron chi connectivity index (χ2n) is 7.17. The molecule has 2 aliphatic rings. The van der Waals surface area contributed by atoms with Crippen molar-refractivity contribution in [2.24, 2.45) is 0 Å². The third-order valence-corrected chi connectivity index (χ3v) is 5.64. The van der Waals surface area contributed by atoms with Crippen LogP contribution in [-0.4, -0.2) is 44.1 Å². The van der Waals surface area contributed by atoms with Gasteiger partial charge in [0.05, 0.1) is 11.7 Å². The first kappa shape index (κ1) is 20.4. The highest BCUT2D eigenvalue weighted by atomic mass is 32.1. The molecule has 4 nitrogen and oxygen atoms in total. The molecular formula is C19H25F3N2O2S. The smallest absolute Gasteiger partial charge is 0.381 e. The molecule has 1 unspecified atom stereocenters. The molecular weight excluding hydrogens is 377 g/mol. The third-order valence-electron chi connectivity index (χ3n) is 5.35. The van der Waals surface area contributed by atoms with Crippen LogP contribution in [0.3, 0.4) is 0 Å². The Kier molecular flexibility index (Phi) is 6.60. The topological polar surface area (TPSA) is 42.5 Å². The number of rotatable bonds is 5. The van der Waals surface area contributed by atoms with Crippen molar-refractivity contribution in [2.45, 2.75) is 43.4 Å². The highest BCUT2D eigenvalue weighted by molar-refractivity contribution is 7.80. The van der Waals surface area contributed by atoms with Crippen LogP contribution in [0.15, 0.2) is 24.3 Å². The number of hydrogen-bond acceptors (Lipinski definition) is 3. The molecule has 27 heavy (non-hydrogen) atoms. The van der Waals surface area contributed by atoms with Crippen molar-refractivity contribution in [3.05, 3.63) is 35.4 Å². The van der Waals surface area contributed by atoms with E-state index in [0.717, 1.165) is 25.5 Å². The van der Waals surface area contributed by atoms with Gasteiger partial charge in [0.15, 0.2) is 5.11 Å². The fourth-order valence-electron chi connectivity index (χ4n) is 3.68. The van der Waals surface area contributed by atoms with E-state index in [-0.39, 0.29) is 6.10 Å². The van der Waals surface area contributed by atoms with Crippen molar-refractivity contribution in [1.82, 2.24) is 10.6 Å². The summed E-state index contributed by atoms with van der Waals surface area (Å²) >= 11 is 5.35. The zero-order chi connectivity index (χ0) is 19.3. The molecule has 3 rings (SSSR count). The second kappa shape index (κ2) is 8.75. The first-order valence-corrected chi connectivity index (χ1v) is 9.69. The van der Waals surface area contributed by atoms with Gasteiger partial charge in [-0.1, -0.05) is 18.2 Å². The Bertz CT molecular complexity index is 642. The summed E-state index contributed by atoms with van der Waals surface area (Å²) in [6.07, 6.45) is -0.809. The Morgan fingerprint density at radius 1 is 1.19 bits per heavy atom. The number of alkyl halides is 3. The average Bonchev–Trinajstić information content (AvgIpc) is 3.18. The van der Waals surface area contributed by atoms with Gasteiger partial charge in [-0.3, -0.25) is 0 Å². The van der Waals surface area contributed by atoms with E-state index < -0.39 is 17.2 Å². The number of nitrogens with one attached hydrogen (secondary N) is 2. The minimum atomic E-state index is -4.35. The van der Waals surface area contributed by atoms with Crippen LogP contribution in [0.1, 0.15) is 36.8 Å². The van der Waals surface area contributed by atoms with Crippen molar-refractivity contribution in [1.29, 1.82) is 0 Å². The number of ether oxygens (including phenoxy) is 2. The molecule has 150 valence electrons. The van der Waals surface area contributed by atoms with Crippen LogP contribution >= 0.6 is 12.2 Å². The zero-order valence-corrected chi connectivity index (χ0v) is 15.9. The SMILES string of the molecule is FC(F)(F)c1cccc(C2(CNC(=S)NCC3CCCO3)CCOCC2)c1. The van der Waals surface area contributed by atoms with Crippen molar-refractivity contribution in [3.8, 4) is 0 Å². The monoisotopic (exact) mass is 402 g/mol. The summed E-state index contributed by atoms with van der Waals surface area (Å²) in [5, 5.41) is 6.86. The van der Waals surface area contributed by atoms with Gasteiger partial charge in [0.1, 0.15) is 0 Å². The van der Waals surface area contributed by atoms with Crippen molar-refractivity contribution in [2.75, 3.05) is 32.9 Å². The van der Waals surface area contributed by atoms with Crippen LogP contribution in [-0.2, 0) is 21.1 Å². The molecule has 0 radical (unpaired) electrons. The summed E-state index contributed by atoms with van der Waals surface area (Å²) in [6.45, 7) is 2.94. The van der Waals surface area contributed by atoms with Crippen LogP contribution in [0.4, 0.5) is 13.2 Å². The fourth-order valence-corrected chi connectivity index (χ4v) is 3.83. The van der Waals surface area contributed by atoms with Gasteiger partial charge in [-0.05, 0) is 49.5 Å². The molecule has 1 aromatic carbocycles. The maximum Gasteiger partial charge on any atom is 0.416 e. The normalized spacial score (nSPS) is 22.4. The third kappa shape index (κ3) is 5.33. The van der Waals surface area contributed by atoms with Crippen molar-refractivity contribution >= 4 is 17.3 Å². The average molecular weight is 402 g/mol. The molecule has 0 aromatic heterocycles. The maximum absolute atomic E-state index is 13.1. The van der Waals surface area contributed by atoms with Crippen LogP contribution in [0.25, 0.3) is 0 Å². The molecule has 0 aliphatic carbocycles. The lowest BCUT2D eigenvalue weighted by Gasteiger charge is -2.38. The van der Waals surface area contributed by atoms with E-state index >= 15 is 0 Å². The predicted molar refractivity (Wildman–Crippen MR) is 101 cm³/mol. The molecule has 2 aliphatic heterocycles. The van der Waals surface area contributed by atoms with Gasteiger partial charge < -0.3 is 20.1 Å². The summed E-state index contributed by atoms with van der Waals surface area (Å²) in [4.78, 5) is 0. The zero-order valence-electron chi connectivity index (χ0n) is 15.1. The van der Waals surface area contributed by atoms with E-state index in [2.05, 4.69) is 10.6 Å². The fraction of sp³-hybridized carbons (Fsp3) is 0.632. The Morgan fingerprint density at radius 2 is 1.96 bits per heavy atom. The molecule has 0 bridgehead atoms. The first-order chi connectivity index (χ1) is 12.9. The number of halogens is 3. The molecule has 2 saturated heterocycles. The molecule has 2 N–H and O–H groups in total. The minimum absolute atomic E-state index is 0.172. The van der Waals surface area contributed by atoms with Crippen LogP contribution in [0.5, 0.6) is 0 Å². The Labute approximate surface area is 162 Å². The van der Waals surface area contributed by atoms with Gasteiger partial charge in [-0.2, -0.15) is 13.2 Å². The summed E-state index contributed by atoms with van der Waals surface area (Å²) < 4.78 is 50.4. The molecule has 0 saturated carbocycles. The summed E-state index contributed by atoms with van der Waals surface area (Å²) in [6, 6.07) is 5.61. The molecule has 2 fully saturated rings. The van der Waals surface area contributed by atoms with E-state index in [0.29, 0.717) is 49.8 Å². The number of thiocarbonyl (C=S) groups is 1. The second-order valence-corrected chi connectivity index (χ2v) is 7.58. The minimum Gasteiger partial charge on any atom is -0.381 e. The molecule has 0 spiro atoms. The van der Waals surface area contributed by atoms with Gasteiger partial charge in [-0.15, -0.1) is 0 Å². The molecule has 2 heterocycles. The van der Waals surface area contributed by atoms with E-state index in [4.69, 9.17) is 21.7 Å². The van der Waals surface area contributed by atoms with Gasteiger partial charge in [0.25, 0.3) is 0 Å². The van der Waals surface area contributed by atoms with Crippen LogP contribution < -0.4 is 10.6 Å². The van der Waals surface area contributed by atoms with Crippen LogP contribution in [0.2, 0.25) is 0 Å². The quantitative estimate of drug-likeness (QED) is 0.739. The lowest BCUT2D eigenvalue weighted by atomic mass is 9.73. The molecule has 0 amide bonds. The largest absolute Gasteiger partial charge is 0.416 e. The number of benzene rings is 1. The summed E-state index contributed by atoms with van der Waals surface area (Å²) in [7, 11) is 0. The molecule has 1 aromatic rings.